The zero-order chi connectivity index (χ0) is 21.6. The Hall–Kier alpha value is -2.49. The molecule has 2 heterocycles. The molecule has 2 N–H and O–H groups in total. The Bertz CT molecular complexity index is 1280. The van der Waals surface area contributed by atoms with E-state index in [0.29, 0.717) is 41.7 Å². The maximum absolute atomic E-state index is 13.4. The van der Waals surface area contributed by atoms with Gasteiger partial charge in [0.2, 0.25) is 15.9 Å². The number of nitrogens with one attached hydrogen (secondary N) is 2. The van der Waals surface area contributed by atoms with Gasteiger partial charge in [-0.25, -0.2) is 8.42 Å². The number of thiazole rings is 1. The molecule has 0 radical (unpaired) electrons. The number of benzene rings is 2. The second-order valence-corrected chi connectivity index (χ2v) is 10.6. The minimum atomic E-state index is -3.81. The molecule has 2 aromatic carbocycles. The fraction of sp³-hybridized carbons (Fsp3) is 0.333. The van der Waals surface area contributed by atoms with Crippen LogP contribution < -0.4 is 10.2 Å². The number of H-pyrrole nitrogens is 1. The van der Waals surface area contributed by atoms with Gasteiger partial charge in [0.25, 0.3) is 0 Å². The summed E-state index contributed by atoms with van der Waals surface area (Å²) in [5, 5.41) is 2.82. The molecule has 9 heteroatoms. The first kappa shape index (κ1) is 20.8. The highest BCUT2D eigenvalue weighted by atomic mass is 32.2. The van der Waals surface area contributed by atoms with Crippen LogP contribution in [-0.4, -0.2) is 36.2 Å². The van der Waals surface area contributed by atoms with Gasteiger partial charge >= 0.3 is 4.87 Å². The topological polar surface area (TPSA) is 99.3 Å². The van der Waals surface area contributed by atoms with Crippen molar-refractivity contribution in [1.82, 2.24) is 9.29 Å². The van der Waals surface area contributed by atoms with Crippen LogP contribution >= 0.6 is 11.3 Å². The molecule has 0 spiro atoms. The summed E-state index contributed by atoms with van der Waals surface area (Å²) in [7, 11) is -3.81. The number of anilines is 1. The summed E-state index contributed by atoms with van der Waals surface area (Å²) in [6.07, 6.45) is 1.09. The van der Waals surface area contributed by atoms with E-state index in [-0.39, 0.29) is 15.7 Å². The van der Waals surface area contributed by atoms with Gasteiger partial charge in [-0.3, -0.25) is 9.59 Å². The number of aromatic amines is 1. The van der Waals surface area contributed by atoms with Gasteiger partial charge in [0.15, 0.2) is 0 Å². The number of aromatic nitrogens is 1. The number of carbonyl (C=O) groups is 1. The average molecular weight is 446 g/mol. The van der Waals surface area contributed by atoms with Crippen LogP contribution in [0.15, 0.2) is 40.0 Å². The lowest BCUT2D eigenvalue weighted by molar-refractivity contribution is -0.119. The normalized spacial score (nSPS) is 17.5. The summed E-state index contributed by atoms with van der Waals surface area (Å²) in [5.74, 6) is -0.360. The molecule has 0 aliphatic carbocycles. The Morgan fingerprint density at radius 3 is 2.57 bits per heavy atom. The van der Waals surface area contributed by atoms with Crippen LogP contribution in [0.3, 0.4) is 0 Å². The van der Waals surface area contributed by atoms with Crippen LogP contribution in [0.25, 0.3) is 10.2 Å². The van der Waals surface area contributed by atoms with Gasteiger partial charge in [0.05, 0.1) is 15.1 Å². The molecule has 0 bridgehead atoms. The van der Waals surface area contributed by atoms with E-state index in [4.69, 9.17) is 0 Å². The van der Waals surface area contributed by atoms with Crippen molar-refractivity contribution in [3.63, 3.8) is 0 Å². The van der Waals surface area contributed by atoms with Crippen LogP contribution in [-0.2, 0) is 14.8 Å². The average Bonchev–Trinajstić information content (AvgIpc) is 3.26. The summed E-state index contributed by atoms with van der Waals surface area (Å²) in [5.41, 5.74) is 3.62. The minimum absolute atomic E-state index is 0.162. The summed E-state index contributed by atoms with van der Waals surface area (Å²) in [6.45, 7) is 5.82. The van der Waals surface area contributed by atoms with E-state index in [9.17, 15) is 18.0 Å². The quantitative estimate of drug-likeness (QED) is 0.644. The maximum atomic E-state index is 13.4. The number of amides is 1. The van der Waals surface area contributed by atoms with Gasteiger partial charge in [0.1, 0.15) is 6.04 Å². The number of hydrogen-bond donors (Lipinski definition) is 2. The molecule has 1 aliphatic heterocycles. The Labute approximate surface area is 178 Å². The van der Waals surface area contributed by atoms with Gasteiger partial charge in [-0.05, 0) is 62.9 Å². The highest BCUT2D eigenvalue weighted by Crippen LogP contribution is 2.31. The van der Waals surface area contributed by atoms with E-state index >= 15 is 0 Å². The van der Waals surface area contributed by atoms with E-state index in [1.54, 1.807) is 32.0 Å². The van der Waals surface area contributed by atoms with E-state index in [1.165, 1.54) is 4.31 Å². The Morgan fingerprint density at radius 2 is 1.87 bits per heavy atom. The third kappa shape index (κ3) is 3.68. The summed E-state index contributed by atoms with van der Waals surface area (Å²) < 4.78 is 28.9. The molecule has 0 unspecified atom stereocenters. The van der Waals surface area contributed by atoms with Crippen LogP contribution in [0.2, 0.25) is 0 Å². The highest BCUT2D eigenvalue weighted by Gasteiger charge is 2.40. The van der Waals surface area contributed by atoms with Gasteiger partial charge in [-0.1, -0.05) is 29.0 Å². The first-order valence-electron chi connectivity index (χ1n) is 9.70. The first-order valence-corrected chi connectivity index (χ1v) is 12.0. The monoisotopic (exact) mass is 445 g/mol. The predicted molar refractivity (Wildman–Crippen MR) is 119 cm³/mol. The molecule has 30 heavy (non-hydrogen) atoms. The summed E-state index contributed by atoms with van der Waals surface area (Å²) in [4.78, 5) is 27.3. The second-order valence-electron chi connectivity index (χ2n) is 7.72. The maximum Gasteiger partial charge on any atom is 0.305 e. The molecule has 1 atom stereocenters. The summed E-state index contributed by atoms with van der Waals surface area (Å²) in [6, 6.07) is 8.08. The number of fused-ring (bicyclic) bond motifs is 1. The third-order valence-electron chi connectivity index (χ3n) is 5.37. The van der Waals surface area contributed by atoms with Crippen molar-refractivity contribution >= 4 is 43.2 Å². The molecule has 0 saturated carbocycles. The fourth-order valence-corrected chi connectivity index (χ4v) is 7.08. The van der Waals surface area contributed by atoms with Gasteiger partial charge in [-0.15, -0.1) is 0 Å². The molecule has 1 aliphatic rings. The molecule has 7 nitrogen and oxygen atoms in total. The van der Waals surface area contributed by atoms with E-state index in [0.717, 1.165) is 21.6 Å². The fourth-order valence-electron chi connectivity index (χ4n) is 4.23. The first-order chi connectivity index (χ1) is 14.2. The van der Waals surface area contributed by atoms with Crippen molar-refractivity contribution < 1.29 is 13.2 Å². The van der Waals surface area contributed by atoms with E-state index < -0.39 is 16.1 Å². The molecule has 1 aromatic heterocycles. The lowest BCUT2D eigenvalue weighted by Crippen LogP contribution is -2.43. The predicted octanol–water partition coefficient (Wildman–Crippen LogP) is 3.31. The van der Waals surface area contributed by atoms with Crippen molar-refractivity contribution in [3.8, 4) is 0 Å². The van der Waals surface area contributed by atoms with Crippen molar-refractivity contribution in [2.24, 2.45) is 0 Å². The number of hydrogen-bond acceptors (Lipinski definition) is 5. The molecule has 1 saturated heterocycles. The highest BCUT2D eigenvalue weighted by molar-refractivity contribution is 7.89. The molecular formula is C21H23N3O4S2. The molecule has 158 valence electrons. The standard InChI is InChI=1S/C21H23N3O4S2/c1-12-9-13(2)19(14(3)10-12)30(27,28)24-8-4-5-17(24)20(25)22-15-6-7-16-18(11-15)29-21(26)23-16/h6-7,9-11,17H,4-5,8H2,1-3H3,(H,22,25)(H,23,26)/t17-/m1/s1. The zero-order valence-corrected chi connectivity index (χ0v) is 18.6. The van der Waals surface area contributed by atoms with E-state index in [2.05, 4.69) is 10.3 Å². The minimum Gasteiger partial charge on any atom is -0.325 e. The van der Waals surface area contributed by atoms with Crippen molar-refractivity contribution in [2.75, 3.05) is 11.9 Å². The van der Waals surface area contributed by atoms with Gasteiger partial charge < -0.3 is 10.3 Å². The number of carbonyl (C=O) groups excluding carboxylic acids is 1. The van der Waals surface area contributed by atoms with Crippen LogP contribution in [0, 0.1) is 20.8 Å². The molecule has 1 fully saturated rings. The second kappa shape index (κ2) is 7.64. The molecule has 4 rings (SSSR count). The van der Waals surface area contributed by atoms with E-state index in [1.807, 2.05) is 19.1 Å². The lowest BCUT2D eigenvalue weighted by atomic mass is 10.1. The van der Waals surface area contributed by atoms with Gasteiger partial charge in [0, 0.05) is 12.2 Å². The number of aryl methyl sites for hydroxylation is 3. The summed E-state index contributed by atoms with van der Waals surface area (Å²) >= 11 is 1.06. The SMILES string of the molecule is Cc1cc(C)c(S(=O)(=O)N2CCC[C@@H]2C(=O)Nc2ccc3[nH]c(=O)sc3c2)c(C)c1. The zero-order valence-electron chi connectivity index (χ0n) is 17.0. The van der Waals surface area contributed by atoms with Crippen molar-refractivity contribution in [1.29, 1.82) is 0 Å². The number of rotatable bonds is 4. The number of sulfonamides is 1. The van der Waals surface area contributed by atoms with Crippen LogP contribution in [0.5, 0.6) is 0 Å². The lowest BCUT2D eigenvalue weighted by Gasteiger charge is -2.25. The van der Waals surface area contributed by atoms with Crippen molar-refractivity contribution in [3.05, 3.63) is 56.7 Å². The molecule has 1 amide bonds. The Kier molecular flexibility index (Phi) is 5.29. The smallest absolute Gasteiger partial charge is 0.305 e. The Morgan fingerprint density at radius 1 is 1.17 bits per heavy atom. The largest absolute Gasteiger partial charge is 0.325 e. The van der Waals surface area contributed by atoms with Gasteiger partial charge in [-0.2, -0.15) is 4.31 Å². The Balaban J connectivity index is 1.62. The molecular weight excluding hydrogens is 422 g/mol. The third-order valence-corrected chi connectivity index (χ3v) is 8.43. The van der Waals surface area contributed by atoms with Crippen molar-refractivity contribution in [2.45, 2.75) is 44.6 Å². The number of nitrogens with zero attached hydrogens (tertiary/aromatic N) is 1. The van der Waals surface area contributed by atoms with Crippen LogP contribution in [0.4, 0.5) is 5.69 Å². The molecule has 3 aromatic rings. The van der Waals surface area contributed by atoms with Crippen LogP contribution in [0.1, 0.15) is 29.5 Å².